The minimum Gasteiger partial charge on any atom is -0.480 e. The van der Waals surface area contributed by atoms with Crippen molar-refractivity contribution >= 4 is 5.97 Å². The first-order chi connectivity index (χ1) is 8.39. The van der Waals surface area contributed by atoms with Crippen molar-refractivity contribution in [3.63, 3.8) is 0 Å². The van der Waals surface area contributed by atoms with Crippen LogP contribution >= 0.6 is 0 Å². The maximum absolute atomic E-state index is 13.1. The number of benzene rings is 1. The number of hydrogen-bond donors (Lipinski definition) is 2. The molecule has 3 N–H and O–H groups in total. The topological polar surface area (TPSA) is 63.3 Å². The zero-order valence-corrected chi connectivity index (χ0v) is 10.2. The van der Waals surface area contributed by atoms with Gasteiger partial charge in [0.2, 0.25) is 0 Å². The van der Waals surface area contributed by atoms with E-state index in [2.05, 4.69) is 0 Å². The fourth-order valence-electron chi connectivity index (χ4n) is 3.97. The highest BCUT2D eigenvalue weighted by Crippen LogP contribution is 2.74. The lowest BCUT2D eigenvalue weighted by molar-refractivity contribution is -0.179. The summed E-state index contributed by atoms with van der Waals surface area (Å²) in [5.41, 5.74) is 7.69. The minimum atomic E-state index is -0.917. The van der Waals surface area contributed by atoms with Gasteiger partial charge in [-0.15, -0.1) is 0 Å². The molecule has 0 spiro atoms. The molecule has 3 aliphatic carbocycles. The molecule has 0 radical (unpaired) electrons. The largest absolute Gasteiger partial charge is 0.480 e. The first-order valence-electron chi connectivity index (χ1n) is 6.14. The van der Waals surface area contributed by atoms with Crippen LogP contribution in [-0.2, 0) is 10.2 Å². The number of rotatable bonds is 3. The quantitative estimate of drug-likeness (QED) is 0.860. The summed E-state index contributed by atoms with van der Waals surface area (Å²) in [5.74, 6) is -1.14. The van der Waals surface area contributed by atoms with Crippen molar-refractivity contribution in [3.05, 3.63) is 35.1 Å². The highest BCUT2D eigenvalue weighted by atomic mass is 19.1. The van der Waals surface area contributed by atoms with Gasteiger partial charge in [-0.3, -0.25) is 4.79 Å². The Hall–Kier alpha value is -1.42. The van der Waals surface area contributed by atoms with Gasteiger partial charge in [0.1, 0.15) is 11.9 Å². The van der Waals surface area contributed by atoms with Gasteiger partial charge in [-0.05, 0) is 60.3 Å². The smallest absolute Gasteiger partial charge is 0.321 e. The Morgan fingerprint density at radius 2 is 2.06 bits per heavy atom. The third-order valence-corrected chi connectivity index (χ3v) is 4.76. The van der Waals surface area contributed by atoms with Crippen molar-refractivity contribution in [2.24, 2.45) is 11.1 Å². The Balaban J connectivity index is 1.82. The van der Waals surface area contributed by atoms with Gasteiger partial charge in [0, 0.05) is 0 Å². The van der Waals surface area contributed by atoms with Crippen LogP contribution in [0.5, 0.6) is 0 Å². The number of hydrogen-bond acceptors (Lipinski definition) is 2. The molecule has 4 rings (SSSR count). The molecule has 1 aromatic rings. The third-order valence-electron chi connectivity index (χ3n) is 4.76. The van der Waals surface area contributed by atoms with E-state index < -0.39 is 12.0 Å². The van der Waals surface area contributed by atoms with Gasteiger partial charge in [0.15, 0.2) is 0 Å². The monoisotopic (exact) mass is 249 g/mol. The van der Waals surface area contributed by atoms with E-state index in [4.69, 9.17) is 10.8 Å². The van der Waals surface area contributed by atoms with Crippen molar-refractivity contribution in [2.75, 3.05) is 0 Å². The van der Waals surface area contributed by atoms with Gasteiger partial charge in [-0.2, -0.15) is 0 Å². The highest BCUT2D eigenvalue weighted by Gasteiger charge is 2.71. The van der Waals surface area contributed by atoms with Gasteiger partial charge < -0.3 is 10.8 Å². The van der Waals surface area contributed by atoms with Gasteiger partial charge in [-0.25, -0.2) is 4.39 Å². The summed E-state index contributed by atoms with van der Waals surface area (Å²) in [6.45, 7) is 1.91. The zero-order chi connectivity index (χ0) is 13.1. The maximum atomic E-state index is 13.1. The highest BCUT2D eigenvalue weighted by molar-refractivity contribution is 5.76. The average Bonchev–Trinajstić information content (AvgIpc) is 2.16. The predicted molar refractivity (Wildman–Crippen MR) is 64.7 cm³/mol. The van der Waals surface area contributed by atoms with Crippen LogP contribution in [0.3, 0.4) is 0 Å². The summed E-state index contributed by atoms with van der Waals surface area (Å²) in [6, 6.07) is 4.09. The van der Waals surface area contributed by atoms with Gasteiger partial charge in [0.25, 0.3) is 0 Å². The average molecular weight is 249 g/mol. The van der Waals surface area contributed by atoms with E-state index in [0.29, 0.717) is 0 Å². The van der Waals surface area contributed by atoms with Crippen LogP contribution in [0.15, 0.2) is 18.2 Å². The van der Waals surface area contributed by atoms with Gasteiger partial charge in [0.05, 0.1) is 0 Å². The summed E-state index contributed by atoms with van der Waals surface area (Å²) in [6.07, 6.45) is 2.46. The number of carbonyl (C=O) groups is 1. The van der Waals surface area contributed by atoms with Crippen LogP contribution in [-0.4, -0.2) is 17.1 Å². The first-order valence-corrected chi connectivity index (χ1v) is 6.14. The van der Waals surface area contributed by atoms with Gasteiger partial charge >= 0.3 is 5.97 Å². The molecule has 18 heavy (non-hydrogen) atoms. The Labute approximate surface area is 105 Å². The van der Waals surface area contributed by atoms with Gasteiger partial charge in [-0.1, -0.05) is 6.07 Å². The molecule has 2 bridgehead atoms. The molecule has 0 saturated heterocycles. The van der Waals surface area contributed by atoms with Crippen molar-refractivity contribution in [2.45, 2.75) is 37.6 Å². The summed E-state index contributed by atoms with van der Waals surface area (Å²) >= 11 is 0. The van der Waals surface area contributed by atoms with E-state index in [0.717, 1.165) is 30.4 Å². The SMILES string of the molecule is Cc1cc(F)ccc1C12CC(C(N)C(=O)O)(C1)C2. The second kappa shape index (κ2) is 3.32. The van der Waals surface area contributed by atoms with E-state index in [1.165, 1.54) is 6.07 Å². The molecule has 0 amide bonds. The summed E-state index contributed by atoms with van der Waals surface area (Å²) < 4.78 is 13.1. The lowest BCUT2D eigenvalue weighted by Gasteiger charge is -2.72. The molecule has 3 saturated carbocycles. The summed E-state index contributed by atoms with van der Waals surface area (Å²) in [4.78, 5) is 10.9. The molecule has 0 aliphatic heterocycles. The lowest BCUT2D eigenvalue weighted by atomic mass is 9.31. The van der Waals surface area contributed by atoms with Crippen LogP contribution in [0.25, 0.3) is 0 Å². The minimum absolute atomic E-state index is 0.0604. The van der Waals surface area contributed by atoms with E-state index in [-0.39, 0.29) is 16.6 Å². The molecular formula is C14H16FNO2. The molecule has 0 aromatic heterocycles. The van der Waals surface area contributed by atoms with E-state index in [1.807, 2.05) is 13.0 Å². The number of carboxylic acids is 1. The van der Waals surface area contributed by atoms with Crippen molar-refractivity contribution in [3.8, 4) is 0 Å². The molecule has 1 atom stereocenters. The second-order valence-corrected chi connectivity index (χ2v) is 5.95. The Morgan fingerprint density at radius 3 is 2.56 bits per heavy atom. The maximum Gasteiger partial charge on any atom is 0.321 e. The molecule has 3 nitrogen and oxygen atoms in total. The third kappa shape index (κ3) is 1.29. The molecule has 3 fully saturated rings. The molecule has 4 heteroatoms. The lowest BCUT2D eigenvalue weighted by Crippen LogP contribution is -2.72. The van der Waals surface area contributed by atoms with E-state index in [1.54, 1.807) is 6.07 Å². The standard InChI is InChI=1S/C14H16FNO2/c1-8-4-9(15)2-3-10(8)13-5-14(6-13,7-13)11(16)12(17)18/h2-4,11H,5-7,16H2,1H3,(H,17,18). The van der Waals surface area contributed by atoms with E-state index in [9.17, 15) is 9.18 Å². The molecule has 0 heterocycles. The Bertz CT molecular complexity index is 521. The van der Waals surface area contributed by atoms with Crippen molar-refractivity contribution in [1.82, 2.24) is 0 Å². The molecular weight excluding hydrogens is 233 g/mol. The fraction of sp³-hybridized carbons (Fsp3) is 0.500. The van der Waals surface area contributed by atoms with Crippen molar-refractivity contribution in [1.29, 1.82) is 0 Å². The Morgan fingerprint density at radius 1 is 1.44 bits per heavy atom. The fourth-order valence-corrected chi connectivity index (χ4v) is 3.97. The number of nitrogens with two attached hydrogens (primary N) is 1. The van der Waals surface area contributed by atoms with Crippen LogP contribution in [0.1, 0.15) is 30.4 Å². The predicted octanol–water partition coefficient (Wildman–Crippen LogP) is 1.97. The normalized spacial score (nSPS) is 34.4. The molecule has 96 valence electrons. The zero-order valence-electron chi connectivity index (χ0n) is 10.2. The second-order valence-electron chi connectivity index (χ2n) is 5.95. The number of aliphatic carboxylic acids is 1. The molecule has 1 unspecified atom stereocenters. The van der Waals surface area contributed by atoms with Crippen LogP contribution in [0.4, 0.5) is 4.39 Å². The number of carboxylic acid groups (broad SMARTS) is 1. The number of halogens is 1. The Kier molecular flexibility index (Phi) is 2.15. The number of aryl methyl sites for hydroxylation is 1. The van der Waals surface area contributed by atoms with Crippen LogP contribution in [0, 0.1) is 18.2 Å². The van der Waals surface area contributed by atoms with Crippen LogP contribution < -0.4 is 5.73 Å². The molecule has 1 aromatic carbocycles. The van der Waals surface area contributed by atoms with E-state index >= 15 is 0 Å². The first kappa shape index (κ1) is 11.7. The summed E-state index contributed by atoms with van der Waals surface area (Å²) in [5, 5.41) is 8.98. The van der Waals surface area contributed by atoms with Crippen LogP contribution in [0.2, 0.25) is 0 Å². The molecule has 3 aliphatic rings. The van der Waals surface area contributed by atoms with Crippen molar-refractivity contribution < 1.29 is 14.3 Å². The summed E-state index contributed by atoms with van der Waals surface area (Å²) in [7, 11) is 0.